The number of rotatable bonds is 10. The molecule has 0 aliphatic rings. The number of hydrogen-bond acceptors (Lipinski definition) is 5. The molecule has 0 spiro atoms. The Labute approximate surface area is 185 Å². The van der Waals surface area contributed by atoms with Crippen LogP contribution in [0.5, 0.6) is 5.75 Å². The number of anilines is 1. The molecule has 0 radical (unpaired) electrons. The summed E-state index contributed by atoms with van der Waals surface area (Å²) in [5, 5.41) is 3.09. The first-order valence-electron chi connectivity index (χ1n) is 9.07. The number of ether oxygens (including phenoxy) is 1. The summed E-state index contributed by atoms with van der Waals surface area (Å²) in [5.41, 5.74) is 0.788. The molecule has 2 aromatic carbocycles. The largest absolute Gasteiger partial charge is 0.497 e. The van der Waals surface area contributed by atoms with Crippen molar-refractivity contribution >= 4 is 45.0 Å². The highest BCUT2D eigenvalue weighted by atomic mass is 35.5. The second-order valence-corrected chi connectivity index (χ2v) is 9.85. The summed E-state index contributed by atoms with van der Waals surface area (Å²) >= 11 is 7.41. The smallest absolute Gasteiger partial charge is 0.243 e. The normalized spacial score (nSPS) is 12.3. The molecule has 30 heavy (non-hydrogen) atoms. The number of halogens is 2. The standard InChI is InChI=1S/C20H24ClFN2O4S2/c1-14(24(30(3,26)27)15-7-9-16(28-2)10-8-15)20(25)23-11-12-29-13-17-18(21)5-4-6-19(17)22/h4-10,14H,11-13H2,1-3H3,(H,23,25)/t14-/m1/s1. The van der Waals surface area contributed by atoms with Gasteiger partial charge in [0, 0.05) is 28.6 Å². The van der Waals surface area contributed by atoms with E-state index in [0.717, 1.165) is 10.6 Å². The van der Waals surface area contributed by atoms with E-state index < -0.39 is 22.0 Å². The average Bonchev–Trinajstić information content (AvgIpc) is 2.69. The van der Waals surface area contributed by atoms with E-state index in [1.807, 2.05) is 0 Å². The minimum atomic E-state index is -3.69. The Bertz CT molecular complexity index is 951. The van der Waals surface area contributed by atoms with E-state index in [0.29, 0.717) is 40.1 Å². The van der Waals surface area contributed by atoms with Gasteiger partial charge in [-0.3, -0.25) is 9.10 Å². The number of methoxy groups -OCH3 is 1. The van der Waals surface area contributed by atoms with Crippen molar-refractivity contribution in [3.63, 3.8) is 0 Å². The maximum absolute atomic E-state index is 13.8. The number of nitrogens with zero attached hydrogens (tertiary/aromatic N) is 1. The summed E-state index contributed by atoms with van der Waals surface area (Å²) < 4.78 is 44.5. The fourth-order valence-electron chi connectivity index (χ4n) is 2.78. The molecule has 164 valence electrons. The molecular formula is C20H24ClFN2O4S2. The molecule has 0 heterocycles. The highest BCUT2D eigenvalue weighted by Gasteiger charge is 2.28. The van der Waals surface area contributed by atoms with Gasteiger partial charge in [0.2, 0.25) is 15.9 Å². The second-order valence-electron chi connectivity index (χ2n) is 6.48. The topological polar surface area (TPSA) is 75.7 Å². The van der Waals surface area contributed by atoms with E-state index >= 15 is 0 Å². The van der Waals surface area contributed by atoms with Gasteiger partial charge < -0.3 is 10.1 Å². The van der Waals surface area contributed by atoms with Crippen molar-refractivity contribution in [1.29, 1.82) is 0 Å². The molecule has 1 N–H and O–H groups in total. The molecule has 1 atom stereocenters. The van der Waals surface area contributed by atoms with Crippen LogP contribution in [0.3, 0.4) is 0 Å². The highest BCUT2D eigenvalue weighted by molar-refractivity contribution is 7.98. The van der Waals surface area contributed by atoms with Crippen LogP contribution in [0.25, 0.3) is 0 Å². The Kier molecular flexibility index (Phi) is 8.81. The fraction of sp³-hybridized carbons (Fsp3) is 0.350. The summed E-state index contributed by atoms with van der Waals surface area (Å²) in [6.07, 6.45) is 1.05. The van der Waals surface area contributed by atoms with E-state index in [1.165, 1.54) is 31.9 Å². The van der Waals surface area contributed by atoms with Crippen LogP contribution in [0, 0.1) is 5.82 Å². The summed E-state index contributed by atoms with van der Waals surface area (Å²) in [7, 11) is -2.18. The zero-order chi connectivity index (χ0) is 22.3. The Hall–Kier alpha value is -1.97. The molecule has 0 aliphatic carbocycles. The van der Waals surface area contributed by atoms with E-state index in [4.69, 9.17) is 16.3 Å². The summed E-state index contributed by atoms with van der Waals surface area (Å²) in [4.78, 5) is 12.5. The molecular weight excluding hydrogens is 451 g/mol. The van der Waals surface area contributed by atoms with Crippen LogP contribution in [-0.4, -0.2) is 46.0 Å². The zero-order valence-electron chi connectivity index (χ0n) is 16.9. The van der Waals surface area contributed by atoms with Crippen molar-refractivity contribution in [2.45, 2.75) is 18.7 Å². The van der Waals surface area contributed by atoms with Gasteiger partial charge in [0.1, 0.15) is 17.6 Å². The van der Waals surface area contributed by atoms with E-state index in [9.17, 15) is 17.6 Å². The number of carbonyl (C=O) groups is 1. The average molecular weight is 475 g/mol. The van der Waals surface area contributed by atoms with Gasteiger partial charge in [0.05, 0.1) is 19.1 Å². The van der Waals surface area contributed by atoms with Crippen molar-refractivity contribution in [2.24, 2.45) is 0 Å². The maximum atomic E-state index is 13.8. The lowest BCUT2D eigenvalue weighted by molar-refractivity contribution is -0.121. The molecule has 0 aliphatic heterocycles. The molecule has 0 bridgehead atoms. The van der Waals surface area contributed by atoms with Gasteiger partial charge in [-0.05, 0) is 43.3 Å². The number of amides is 1. The zero-order valence-corrected chi connectivity index (χ0v) is 19.3. The van der Waals surface area contributed by atoms with Crippen molar-refractivity contribution in [3.05, 3.63) is 58.9 Å². The monoisotopic (exact) mass is 474 g/mol. The lowest BCUT2D eigenvalue weighted by Gasteiger charge is -2.28. The van der Waals surface area contributed by atoms with Crippen LogP contribution >= 0.6 is 23.4 Å². The molecule has 6 nitrogen and oxygen atoms in total. The van der Waals surface area contributed by atoms with Gasteiger partial charge in [-0.1, -0.05) is 17.7 Å². The predicted octanol–water partition coefficient (Wildman–Crippen LogP) is 3.69. The number of hydrogen-bond donors (Lipinski definition) is 1. The Balaban J connectivity index is 1.93. The quantitative estimate of drug-likeness (QED) is 0.531. The number of benzene rings is 2. The molecule has 0 unspecified atom stereocenters. The Morgan fingerprint density at radius 3 is 2.50 bits per heavy atom. The van der Waals surface area contributed by atoms with Gasteiger partial charge >= 0.3 is 0 Å². The van der Waals surface area contributed by atoms with Gasteiger partial charge in [0.25, 0.3) is 0 Å². The number of carbonyl (C=O) groups excluding carboxylic acids is 1. The number of sulfonamides is 1. The highest BCUT2D eigenvalue weighted by Crippen LogP contribution is 2.25. The molecule has 1 amide bonds. The lowest BCUT2D eigenvalue weighted by Crippen LogP contribution is -2.48. The van der Waals surface area contributed by atoms with Crippen molar-refractivity contribution < 1.29 is 22.3 Å². The third kappa shape index (κ3) is 6.52. The molecule has 0 saturated heterocycles. The minimum Gasteiger partial charge on any atom is -0.497 e. The minimum absolute atomic E-state index is 0.306. The van der Waals surface area contributed by atoms with E-state index in [-0.39, 0.29) is 5.82 Å². The number of nitrogens with one attached hydrogen (secondary N) is 1. The van der Waals surface area contributed by atoms with E-state index in [2.05, 4.69) is 5.32 Å². The molecule has 0 aromatic heterocycles. The van der Waals surface area contributed by atoms with Gasteiger partial charge in [0.15, 0.2) is 0 Å². The van der Waals surface area contributed by atoms with Gasteiger partial charge in [-0.15, -0.1) is 0 Å². The molecule has 0 saturated carbocycles. The maximum Gasteiger partial charge on any atom is 0.243 e. The van der Waals surface area contributed by atoms with Crippen LogP contribution in [0.1, 0.15) is 12.5 Å². The van der Waals surface area contributed by atoms with Gasteiger partial charge in [-0.2, -0.15) is 11.8 Å². The third-order valence-corrected chi connectivity index (χ3v) is 6.85. The lowest BCUT2D eigenvalue weighted by atomic mass is 10.2. The first-order valence-corrected chi connectivity index (χ1v) is 12.4. The first kappa shape index (κ1) is 24.3. The summed E-state index contributed by atoms with van der Waals surface area (Å²) in [5.74, 6) is 0.677. The summed E-state index contributed by atoms with van der Waals surface area (Å²) in [6, 6.07) is 10.00. The fourth-order valence-corrected chi connectivity index (χ4v) is 5.15. The Morgan fingerprint density at radius 2 is 1.93 bits per heavy atom. The first-order chi connectivity index (χ1) is 14.1. The number of thioether (sulfide) groups is 1. The predicted molar refractivity (Wildman–Crippen MR) is 120 cm³/mol. The third-order valence-electron chi connectivity index (χ3n) is 4.27. The van der Waals surface area contributed by atoms with Crippen LogP contribution in [0.4, 0.5) is 10.1 Å². The van der Waals surface area contributed by atoms with Crippen molar-refractivity contribution in [1.82, 2.24) is 5.32 Å². The molecule has 2 rings (SSSR count). The SMILES string of the molecule is COc1ccc(N([C@H](C)C(=O)NCCSCc2c(F)cccc2Cl)S(C)(=O)=O)cc1. The van der Waals surface area contributed by atoms with Crippen LogP contribution in [0.15, 0.2) is 42.5 Å². The molecule has 10 heteroatoms. The Morgan fingerprint density at radius 1 is 1.27 bits per heavy atom. The van der Waals surface area contributed by atoms with E-state index in [1.54, 1.807) is 36.4 Å². The van der Waals surface area contributed by atoms with Crippen molar-refractivity contribution in [3.8, 4) is 5.75 Å². The second kappa shape index (κ2) is 10.9. The van der Waals surface area contributed by atoms with Crippen LogP contribution < -0.4 is 14.4 Å². The summed E-state index contributed by atoms with van der Waals surface area (Å²) in [6.45, 7) is 1.83. The van der Waals surface area contributed by atoms with Crippen LogP contribution in [0.2, 0.25) is 5.02 Å². The van der Waals surface area contributed by atoms with Gasteiger partial charge in [-0.25, -0.2) is 12.8 Å². The van der Waals surface area contributed by atoms with Crippen LogP contribution in [-0.2, 0) is 20.6 Å². The molecule has 0 fully saturated rings. The molecule has 2 aromatic rings. The van der Waals surface area contributed by atoms with Crippen molar-refractivity contribution in [2.75, 3.05) is 30.0 Å².